The maximum absolute atomic E-state index is 12.8. The molecule has 0 aromatic heterocycles. The first-order chi connectivity index (χ1) is 18.8. The maximum Gasteiger partial charge on any atom is 0.326 e. The molecule has 1 aromatic rings. The van der Waals surface area contributed by atoms with Gasteiger partial charge >= 0.3 is 5.97 Å². The third-order valence-electron chi connectivity index (χ3n) is 7.41. The van der Waals surface area contributed by atoms with Crippen LogP contribution in [0.5, 0.6) is 0 Å². The number of benzene rings is 1. The van der Waals surface area contributed by atoms with Crippen LogP contribution >= 0.6 is 0 Å². The van der Waals surface area contributed by atoms with Gasteiger partial charge in [-0.15, -0.1) is 0 Å². The van der Waals surface area contributed by atoms with Gasteiger partial charge in [0.15, 0.2) is 0 Å². The predicted molar refractivity (Wildman–Crippen MR) is 151 cm³/mol. The number of allylic oxidation sites excluding steroid dienone is 1. The van der Waals surface area contributed by atoms with Gasteiger partial charge < -0.3 is 30.9 Å². The van der Waals surface area contributed by atoms with E-state index in [1.807, 2.05) is 38.1 Å². The van der Waals surface area contributed by atoms with Crippen LogP contribution in [-0.4, -0.2) is 58.6 Å². The number of hydrogen-bond donors (Lipinski definition) is 5. The van der Waals surface area contributed by atoms with E-state index in [1.165, 1.54) is 6.08 Å². The van der Waals surface area contributed by atoms with Crippen LogP contribution in [-0.2, 0) is 30.5 Å². The number of nitrogens with one attached hydrogen (secondary N) is 3. The van der Waals surface area contributed by atoms with Crippen LogP contribution in [0.1, 0.15) is 78.0 Å². The molecule has 5 atom stereocenters. The Morgan fingerprint density at radius 2 is 1.70 bits per heavy atom. The highest BCUT2D eigenvalue weighted by Crippen LogP contribution is 2.44. The average Bonchev–Trinajstić information content (AvgIpc) is 3.70. The molecule has 222 valence electrons. The van der Waals surface area contributed by atoms with Crippen molar-refractivity contribution < 1.29 is 34.1 Å². The molecule has 0 spiro atoms. The van der Waals surface area contributed by atoms with Gasteiger partial charge in [-0.3, -0.25) is 14.4 Å². The van der Waals surface area contributed by atoms with Gasteiger partial charge in [-0.2, -0.15) is 0 Å². The first-order valence-corrected chi connectivity index (χ1v) is 13.9. The number of aliphatic hydroxyl groups is 1. The van der Waals surface area contributed by atoms with Crippen LogP contribution in [0, 0.1) is 17.3 Å². The fourth-order valence-electron chi connectivity index (χ4n) is 4.28. The van der Waals surface area contributed by atoms with Crippen molar-refractivity contribution in [2.75, 3.05) is 6.54 Å². The van der Waals surface area contributed by atoms with Gasteiger partial charge in [0.25, 0.3) is 0 Å². The number of epoxide rings is 1. The molecule has 40 heavy (non-hydrogen) atoms. The normalized spacial score (nSPS) is 19.1. The molecule has 1 heterocycles. The van der Waals surface area contributed by atoms with Gasteiger partial charge in [0, 0.05) is 6.04 Å². The number of aliphatic hydroxyl groups excluding tert-OH is 1. The summed E-state index contributed by atoms with van der Waals surface area (Å²) in [5, 5.41) is 26.4. The molecule has 0 radical (unpaired) electrons. The number of carbonyl (C=O) groups excluding carboxylic acids is 3. The van der Waals surface area contributed by atoms with Crippen LogP contribution < -0.4 is 16.0 Å². The summed E-state index contributed by atoms with van der Waals surface area (Å²) in [7, 11) is 0. The summed E-state index contributed by atoms with van der Waals surface area (Å²) in [6.07, 6.45) is 5.19. The van der Waals surface area contributed by atoms with Crippen molar-refractivity contribution in [3.8, 4) is 0 Å². The number of carboxylic acid groups (broad SMARTS) is 1. The maximum atomic E-state index is 12.8. The van der Waals surface area contributed by atoms with Gasteiger partial charge in [-0.1, -0.05) is 51.1 Å². The van der Waals surface area contributed by atoms with Crippen molar-refractivity contribution in [2.24, 2.45) is 17.3 Å². The van der Waals surface area contributed by atoms with E-state index in [0.29, 0.717) is 18.8 Å². The molecule has 0 bridgehead atoms. The Morgan fingerprint density at radius 1 is 1.05 bits per heavy atom. The van der Waals surface area contributed by atoms with E-state index in [2.05, 4.69) is 22.9 Å². The lowest BCUT2D eigenvalue weighted by atomic mass is 9.83. The minimum atomic E-state index is -1.10. The molecule has 2 rings (SSSR count). The van der Waals surface area contributed by atoms with E-state index < -0.39 is 41.2 Å². The van der Waals surface area contributed by atoms with Crippen molar-refractivity contribution in [1.29, 1.82) is 0 Å². The lowest BCUT2D eigenvalue weighted by Crippen LogP contribution is -2.55. The standard InChI is InChI=1S/C30H45N3O7/c1-18(2)15-23(28(37)38)33-29(39)30(5,6)20(4)32-25(36)16-31-24(35)10-8-7-9-19(3)26-27(40-26)22-13-11-21(17-34)12-14-22/h8,10-14,18-20,23,26-27,34H,7,9,15-17H2,1-6H3,(H,31,35)(H,32,36)(H,33,39)(H,37,38)/b10-8+/t19-,20?,23-,26+,27+/m0/s1. The number of carbonyl (C=O) groups is 4. The van der Waals surface area contributed by atoms with Crippen LogP contribution in [0.4, 0.5) is 0 Å². The Kier molecular flexibility index (Phi) is 12.3. The van der Waals surface area contributed by atoms with Crippen molar-refractivity contribution in [2.45, 2.75) is 91.7 Å². The van der Waals surface area contributed by atoms with Crippen LogP contribution in [0.3, 0.4) is 0 Å². The highest BCUT2D eigenvalue weighted by atomic mass is 16.6. The molecular formula is C30H45N3O7. The molecule has 1 aliphatic heterocycles. The predicted octanol–water partition coefficient (Wildman–Crippen LogP) is 2.85. The molecule has 10 nitrogen and oxygen atoms in total. The smallest absolute Gasteiger partial charge is 0.326 e. The van der Waals surface area contributed by atoms with E-state index in [-0.39, 0.29) is 31.3 Å². The Labute approximate surface area is 236 Å². The van der Waals surface area contributed by atoms with Gasteiger partial charge in [-0.05, 0) is 69.1 Å². The number of carboxylic acids is 1. The Morgan fingerprint density at radius 3 is 2.27 bits per heavy atom. The molecule has 1 unspecified atom stereocenters. The zero-order valence-electron chi connectivity index (χ0n) is 24.4. The summed E-state index contributed by atoms with van der Waals surface area (Å²) in [5.74, 6) is -2.03. The summed E-state index contributed by atoms with van der Waals surface area (Å²) in [4.78, 5) is 48.8. The lowest BCUT2D eigenvalue weighted by molar-refractivity contribution is -0.144. The fourth-order valence-corrected chi connectivity index (χ4v) is 4.28. The molecule has 3 amide bonds. The largest absolute Gasteiger partial charge is 0.480 e. The minimum Gasteiger partial charge on any atom is -0.480 e. The fraction of sp³-hybridized carbons (Fsp3) is 0.600. The van der Waals surface area contributed by atoms with Gasteiger partial charge in [0.05, 0.1) is 24.7 Å². The number of aliphatic carboxylic acids is 1. The third-order valence-corrected chi connectivity index (χ3v) is 7.41. The van der Waals surface area contributed by atoms with Crippen molar-refractivity contribution in [1.82, 2.24) is 16.0 Å². The van der Waals surface area contributed by atoms with E-state index in [9.17, 15) is 24.3 Å². The molecule has 1 aromatic carbocycles. The summed E-state index contributed by atoms with van der Waals surface area (Å²) in [5.41, 5.74) is 0.883. The van der Waals surface area contributed by atoms with Crippen LogP contribution in [0.25, 0.3) is 0 Å². The number of amides is 3. The topological polar surface area (TPSA) is 157 Å². The average molecular weight is 560 g/mol. The van der Waals surface area contributed by atoms with E-state index in [1.54, 1.807) is 26.8 Å². The first-order valence-electron chi connectivity index (χ1n) is 13.9. The quantitative estimate of drug-likeness (QED) is 0.154. The van der Waals surface area contributed by atoms with Gasteiger partial charge in [0.1, 0.15) is 12.1 Å². The first kappa shape index (κ1) is 33.0. The second-order valence-electron chi connectivity index (χ2n) is 11.6. The number of ether oxygens (including phenoxy) is 1. The zero-order valence-corrected chi connectivity index (χ0v) is 24.4. The second-order valence-corrected chi connectivity index (χ2v) is 11.6. The third kappa shape index (κ3) is 10.1. The monoisotopic (exact) mass is 559 g/mol. The zero-order chi connectivity index (χ0) is 30.0. The van der Waals surface area contributed by atoms with Gasteiger partial charge in [-0.25, -0.2) is 4.79 Å². The Bertz CT molecular complexity index is 1050. The van der Waals surface area contributed by atoms with Crippen molar-refractivity contribution in [3.05, 3.63) is 47.5 Å². The number of hydrogen-bond acceptors (Lipinski definition) is 6. The molecule has 10 heteroatoms. The number of rotatable bonds is 16. The van der Waals surface area contributed by atoms with Crippen molar-refractivity contribution >= 4 is 23.7 Å². The van der Waals surface area contributed by atoms with E-state index in [0.717, 1.165) is 17.5 Å². The van der Waals surface area contributed by atoms with Crippen LogP contribution in [0.2, 0.25) is 0 Å². The lowest BCUT2D eigenvalue weighted by Gasteiger charge is -2.32. The molecular weight excluding hydrogens is 514 g/mol. The molecule has 1 aliphatic rings. The highest BCUT2D eigenvalue weighted by Gasteiger charge is 2.43. The van der Waals surface area contributed by atoms with Crippen molar-refractivity contribution in [3.63, 3.8) is 0 Å². The minimum absolute atomic E-state index is 0.0153. The summed E-state index contributed by atoms with van der Waals surface area (Å²) >= 11 is 0. The Balaban J connectivity index is 1.70. The summed E-state index contributed by atoms with van der Waals surface area (Å²) in [6, 6.07) is 6.12. The van der Waals surface area contributed by atoms with E-state index in [4.69, 9.17) is 9.84 Å². The highest BCUT2D eigenvalue weighted by molar-refractivity contribution is 5.92. The molecule has 0 saturated carbocycles. The Hall–Kier alpha value is -3.24. The molecule has 0 aliphatic carbocycles. The summed E-state index contributed by atoms with van der Waals surface area (Å²) < 4.78 is 5.83. The van der Waals surface area contributed by atoms with Gasteiger partial charge in [0.2, 0.25) is 17.7 Å². The SMILES string of the molecule is CC(C)C[C@H](NC(=O)C(C)(C)C(C)NC(=O)CNC(=O)/C=C/CC[C@H](C)[C@H]1O[C@@H]1c1ccc(CO)cc1)C(=O)O. The summed E-state index contributed by atoms with van der Waals surface area (Å²) in [6.45, 7) is 10.6. The van der Waals surface area contributed by atoms with E-state index >= 15 is 0 Å². The molecule has 1 saturated heterocycles. The second kappa shape index (κ2) is 14.9. The van der Waals surface area contributed by atoms with Crippen LogP contribution in [0.15, 0.2) is 36.4 Å². The molecule has 5 N–H and O–H groups in total. The molecule has 1 fully saturated rings.